The zero-order valence-corrected chi connectivity index (χ0v) is 16.4. The van der Waals surface area contributed by atoms with Crippen molar-refractivity contribution in [2.75, 3.05) is 5.32 Å². The van der Waals surface area contributed by atoms with Crippen LogP contribution in [0.2, 0.25) is 0 Å². The summed E-state index contributed by atoms with van der Waals surface area (Å²) in [6.07, 6.45) is 0. The summed E-state index contributed by atoms with van der Waals surface area (Å²) in [7, 11) is 0. The number of aryl methyl sites for hydroxylation is 2. The molecule has 0 saturated heterocycles. The first kappa shape index (κ1) is 18.8. The van der Waals surface area contributed by atoms with Crippen molar-refractivity contribution in [3.63, 3.8) is 0 Å². The molecule has 0 radical (unpaired) electrons. The number of aliphatic imine (C=N–C) groups is 1. The highest BCUT2D eigenvalue weighted by molar-refractivity contribution is 14.0. The second kappa shape index (κ2) is 8.42. The minimum absolute atomic E-state index is 0. The number of hydrogen-bond donors (Lipinski definition) is 2. The van der Waals surface area contributed by atoms with Gasteiger partial charge in [0.05, 0.1) is 6.54 Å². The van der Waals surface area contributed by atoms with E-state index in [1.54, 1.807) is 11.3 Å². The van der Waals surface area contributed by atoms with Gasteiger partial charge in [0.15, 0.2) is 5.96 Å². The molecule has 0 amide bonds. The van der Waals surface area contributed by atoms with Gasteiger partial charge in [-0.2, -0.15) is 0 Å². The van der Waals surface area contributed by atoms with Gasteiger partial charge >= 0.3 is 0 Å². The zero-order chi connectivity index (χ0) is 15.4. The molecule has 0 fully saturated rings. The summed E-state index contributed by atoms with van der Waals surface area (Å²) >= 11 is 1.58. The number of hydrogen-bond acceptors (Lipinski definition) is 4. The first-order valence-corrected chi connectivity index (χ1v) is 7.74. The lowest BCUT2D eigenvalue weighted by Gasteiger charge is -2.07. The van der Waals surface area contributed by atoms with E-state index in [4.69, 9.17) is 5.73 Å². The number of anilines is 1. The summed E-state index contributed by atoms with van der Waals surface area (Å²) in [5.41, 5.74) is 9.32. The predicted octanol–water partition coefficient (Wildman–Crippen LogP) is 3.82. The van der Waals surface area contributed by atoms with Crippen LogP contribution in [-0.4, -0.2) is 16.2 Å². The highest BCUT2D eigenvalue weighted by Crippen LogP contribution is 2.19. The number of nitrogens with one attached hydrogen (secondary N) is 1. The van der Waals surface area contributed by atoms with Crippen molar-refractivity contribution >= 4 is 47.0 Å². The number of nitrogens with zero attached hydrogens (tertiary/aromatic N) is 3. The fourth-order valence-corrected chi connectivity index (χ4v) is 2.49. The van der Waals surface area contributed by atoms with Gasteiger partial charge in [0, 0.05) is 11.6 Å². The molecule has 1 aromatic carbocycles. The second-order valence-corrected chi connectivity index (χ2v) is 6.41. The molecule has 3 N–H and O–H groups in total. The van der Waals surface area contributed by atoms with E-state index in [9.17, 15) is 0 Å². The van der Waals surface area contributed by atoms with E-state index in [1.807, 2.05) is 6.07 Å². The Morgan fingerprint density at radius 3 is 2.59 bits per heavy atom. The maximum Gasteiger partial charge on any atom is 0.193 e. The maximum atomic E-state index is 5.90. The van der Waals surface area contributed by atoms with E-state index in [-0.39, 0.29) is 24.0 Å². The van der Waals surface area contributed by atoms with Gasteiger partial charge in [0.25, 0.3) is 0 Å². The summed E-state index contributed by atoms with van der Waals surface area (Å²) in [6.45, 7) is 8.81. The zero-order valence-electron chi connectivity index (χ0n) is 13.3. The molecule has 1 heterocycles. The monoisotopic (exact) mass is 431 g/mol. The van der Waals surface area contributed by atoms with Crippen molar-refractivity contribution in [3.05, 3.63) is 39.3 Å². The largest absolute Gasteiger partial charge is 0.370 e. The maximum absolute atomic E-state index is 5.90. The molecule has 0 saturated carbocycles. The van der Waals surface area contributed by atoms with Crippen LogP contribution in [0.5, 0.6) is 0 Å². The summed E-state index contributed by atoms with van der Waals surface area (Å²) in [5.74, 6) is 0.783. The summed E-state index contributed by atoms with van der Waals surface area (Å²) < 4.78 is 0. The lowest BCUT2D eigenvalue weighted by Crippen LogP contribution is -2.22. The number of benzene rings is 1. The Bertz CT molecular complexity index is 651. The third-order valence-corrected chi connectivity index (χ3v) is 4.35. The van der Waals surface area contributed by atoms with Crippen LogP contribution in [0.4, 0.5) is 5.69 Å². The number of rotatable bonds is 4. The molecule has 120 valence electrons. The van der Waals surface area contributed by atoms with Gasteiger partial charge in [-0.25, -0.2) is 4.99 Å². The second-order valence-electron chi connectivity index (χ2n) is 5.31. The van der Waals surface area contributed by atoms with Crippen LogP contribution >= 0.6 is 35.3 Å². The van der Waals surface area contributed by atoms with Crippen LogP contribution in [0.25, 0.3) is 0 Å². The van der Waals surface area contributed by atoms with Gasteiger partial charge in [-0.05, 0) is 37.1 Å². The van der Waals surface area contributed by atoms with Gasteiger partial charge < -0.3 is 11.1 Å². The number of aromatic nitrogens is 2. The Kier molecular flexibility index (Phi) is 7.21. The van der Waals surface area contributed by atoms with Crippen molar-refractivity contribution in [3.8, 4) is 0 Å². The van der Waals surface area contributed by atoms with Gasteiger partial charge in [0.1, 0.15) is 10.0 Å². The Hall–Kier alpha value is -1.22. The van der Waals surface area contributed by atoms with Crippen LogP contribution in [-0.2, 0) is 6.54 Å². The smallest absolute Gasteiger partial charge is 0.193 e. The summed E-state index contributed by atoms with van der Waals surface area (Å²) in [6, 6.07) is 6.11. The Morgan fingerprint density at radius 1 is 1.27 bits per heavy atom. The SMILES string of the molecule is Cc1ccc(NC(N)=NCc2nnc(C(C)C)s2)cc1C.I. The van der Waals surface area contributed by atoms with Crippen molar-refractivity contribution in [1.82, 2.24) is 10.2 Å². The lowest BCUT2D eigenvalue weighted by molar-refractivity contribution is 0.816. The van der Waals surface area contributed by atoms with E-state index >= 15 is 0 Å². The van der Waals surface area contributed by atoms with Crippen molar-refractivity contribution in [1.29, 1.82) is 0 Å². The average molecular weight is 431 g/mol. The summed E-state index contributed by atoms with van der Waals surface area (Å²) in [4.78, 5) is 4.31. The molecular weight excluding hydrogens is 409 g/mol. The van der Waals surface area contributed by atoms with E-state index < -0.39 is 0 Å². The Morgan fingerprint density at radius 2 is 2.00 bits per heavy atom. The molecular formula is C15H22IN5S. The minimum Gasteiger partial charge on any atom is -0.370 e. The van der Waals surface area contributed by atoms with Crippen LogP contribution in [0.1, 0.15) is 40.9 Å². The lowest BCUT2D eigenvalue weighted by atomic mass is 10.1. The van der Waals surface area contributed by atoms with Gasteiger partial charge in [-0.3, -0.25) is 0 Å². The van der Waals surface area contributed by atoms with Crippen LogP contribution in [0.15, 0.2) is 23.2 Å². The van der Waals surface area contributed by atoms with Crippen LogP contribution < -0.4 is 11.1 Å². The normalized spacial score (nSPS) is 11.4. The van der Waals surface area contributed by atoms with Crippen LogP contribution in [0, 0.1) is 13.8 Å². The third kappa shape index (κ3) is 5.20. The fourth-order valence-electron chi connectivity index (χ4n) is 1.72. The van der Waals surface area contributed by atoms with Gasteiger partial charge in [-0.15, -0.1) is 34.2 Å². The molecule has 7 heteroatoms. The first-order valence-electron chi connectivity index (χ1n) is 6.92. The number of halogens is 1. The molecule has 2 aromatic rings. The van der Waals surface area contributed by atoms with Gasteiger partial charge in [-0.1, -0.05) is 31.3 Å². The first-order chi connectivity index (χ1) is 9.95. The molecule has 2 rings (SSSR count). The molecule has 22 heavy (non-hydrogen) atoms. The van der Waals surface area contributed by atoms with Crippen molar-refractivity contribution < 1.29 is 0 Å². The molecule has 0 aliphatic rings. The highest BCUT2D eigenvalue weighted by atomic mass is 127. The van der Waals surface area contributed by atoms with E-state index in [0.717, 1.165) is 15.7 Å². The molecule has 0 unspecified atom stereocenters. The number of guanidine groups is 1. The molecule has 5 nitrogen and oxygen atoms in total. The summed E-state index contributed by atoms with van der Waals surface area (Å²) in [5, 5.41) is 13.3. The predicted molar refractivity (Wildman–Crippen MR) is 104 cm³/mol. The minimum atomic E-state index is 0. The topological polar surface area (TPSA) is 76.2 Å². The molecule has 0 spiro atoms. The van der Waals surface area contributed by atoms with E-state index in [1.165, 1.54) is 11.1 Å². The standard InChI is InChI=1S/C15H21N5S.HI/c1-9(2)14-20-19-13(21-14)8-17-15(16)18-12-6-5-10(3)11(4)7-12;/h5-7,9H,8H2,1-4H3,(H3,16,17,18);1H. The van der Waals surface area contributed by atoms with Gasteiger partial charge in [0.2, 0.25) is 0 Å². The molecule has 1 aromatic heterocycles. The fraction of sp³-hybridized carbons (Fsp3) is 0.400. The van der Waals surface area contributed by atoms with E-state index in [2.05, 4.69) is 60.3 Å². The van der Waals surface area contributed by atoms with Crippen molar-refractivity contribution in [2.45, 2.75) is 40.2 Å². The highest BCUT2D eigenvalue weighted by Gasteiger charge is 2.07. The quantitative estimate of drug-likeness (QED) is 0.439. The average Bonchev–Trinajstić information content (AvgIpc) is 2.90. The molecule has 0 aliphatic heterocycles. The Balaban J connectivity index is 0.00000242. The molecule has 0 atom stereocenters. The van der Waals surface area contributed by atoms with Crippen LogP contribution in [0.3, 0.4) is 0 Å². The van der Waals surface area contributed by atoms with E-state index in [0.29, 0.717) is 18.4 Å². The number of nitrogens with two attached hydrogens (primary N) is 1. The molecule has 0 bridgehead atoms. The third-order valence-electron chi connectivity index (χ3n) is 3.14. The molecule has 0 aliphatic carbocycles. The Labute approximate surface area is 152 Å². The van der Waals surface area contributed by atoms with Crippen molar-refractivity contribution in [2.24, 2.45) is 10.7 Å².